The van der Waals surface area contributed by atoms with E-state index in [1.165, 1.54) is 0 Å². The third-order valence-electron chi connectivity index (χ3n) is 3.42. The van der Waals surface area contributed by atoms with Gasteiger partial charge in [-0.25, -0.2) is 9.63 Å². The minimum absolute atomic E-state index is 0.000597. The second kappa shape index (κ2) is 20.8. The Morgan fingerprint density at radius 2 is 1.26 bits per heavy atom. The molecule has 1 atom stereocenters. The summed E-state index contributed by atoms with van der Waals surface area (Å²) >= 11 is 0.753. The summed E-state index contributed by atoms with van der Waals surface area (Å²) < 4.78 is 10.1. The van der Waals surface area contributed by atoms with Crippen molar-refractivity contribution in [1.29, 1.82) is 0 Å². The molecule has 0 saturated heterocycles. The Labute approximate surface area is 197 Å². The number of hydrogen-bond donors (Lipinski definition) is 7. The van der Waals surface area contributed by atoms with Gasteiger partial charge in [-0.15, -0.1) is 0 Å². The molecular weight excluding hydrogens is 492 g/mol. The Balaban J connectivity index is 4.48. The fourth-order valence-corrected chi connectivity index (χ4v) is 2.87. The highest BCUT2D eigenvalue weighted by atomic mass is 32.2. The van der Waals surface area contributed by atoms with Gasteiger partial charge in [0.15, 0.2) is 5.12 Å². The number of esters is 1. The molecule has 0 aliphatic carbocycles. The van der Waals surface area contributed by atoms with Crippen molar-refractivity contribution in [1.82, 2.24) is 21.5 Å². The van der Waals surface area contributed by atoms with E-state index >= 15 is 0 Å². The Bertz CT molecular complexity index is 571. The molecule has 34 heavy (non-hydrogen) atoms. The number of nitrogens with one attached hydrogen (secondary N) is 1. The Hall–Kier alpha value is -1.56. The number of nitrogens with zero attached hydrogens (tertiary/aromatic N) is 3. The molecule has 200 valence electrons. The fraction of sp³-hybridized carbons (Fsp3) is 0.800. The molecule has 0 saturated carbocycles. The Kier molecular flexibility index (Phi) is 19.8. The standard InChI is InChI=1S/C15H30N4O14S/c20-13(3-1-5-31-17(23)24)16-12(11-34-14(21)4-2-6-32-18(25)26)15(22)30-9-7-29-8-10-33-19(27)28/h12,23-28H,1-11H2,(H,16,20). The van der Waals surface area contributed by atoms with E-state index in [4.69, 9.17) is 40.7 Å². The molecule has 0 spiro atoms. The van der Waals surface area contributed by atoms with Crippen LogP contribution < -0.4 is 5.32 Å². The first-order chi connectivity index (χ1) is 16.1. The van der Waals surface area contributed by atoms with E-state index in [2.05, 4.69) is 19.8 Å². The number of thioether (sulfide) groups is 1. The molecule has 18 nitrogen and oxygen atoms in total. The predicted molar refractivity (Wildman–Crippen MR) is 104 cm³/mol. The van der Waals surface area contributed by atoms with Gasteiger partial charge in [0.25, 0.3) is 0 Å². The maximum absolute atomic E-state index is 12.3. The molecule has 0 aliphatic heterocycles. The van der Waals surface area contributed by atoms with Crippen molar-refractivity contribution in [3.05, 3.63) is 0 Å². The van der Waals surface area contributed by atoms with Gasteiger partial charge in [0.1, 0.15) is 12.6 Å². The van der Waals surface area contributed by atoms with Crippen LogP contribution >= 0.6 is 11.8 Å². The van der Waals surface area contributed by atoms with Crippen LogP contribution in [0.3, 0.4) is 0 Å². The quantitative estimate of drug-likeness (QED) is 0.0536. The zero-order valence-corrected chi connectivity index (χ0v) is 18.9. The summed E-state index contributed by atoms with van der Waals surface area (Å²) in [6.45, 7) is -0.779. The SMILES string of the molecule is O=C(CCCON(O)O)NC(CSC(=O)CCCON(O)O)C(=O)OCCOCCON(O)O. The van der Waals surface area contributed by atoms with Crippen LogP contribution in [0.2, 0.25) is 0 Å². The monoisotopic (exact) mass is 522 g/mol. The van der Waals surface area contributed by atoms with Gasteiger partial charge in [0.05, 0.1) is 49.2 Å². The van der Waals surface area contributed by atoms with E-state index < -0.39 is 34.1 Å². The van der Waals surface area contributed by atoms with E-state index in [9.17, 15) is 14.4 Å². The molecule has 0 aromatic heterocycles. The number of carbonyl (C=O) groups is 3. The topological polar surface area (TPSA) is 240 Å². The van der Waals surface area contributed by atoms with Crippen LogP contribution in [0, 0.1) is 0 Å². The van der Waals surface area contributed by atoms with Crippen molar-refractivity contribution in [2.45, 2.75) is 31.7 Å². The number of ether oxygens (including phenoxy) is 2. The van der Waals surface area contributed by atoms with Gasteiger partial charge in [-0.05, 0) is 12.8 Å². The zero-order valence-electron chi connectivity index (χ0n) is 18.1. The van der Waals surface area contributed by atoms with Gasteiger partial charge >= 0.3 is 5.97 Å². The van der Waals surface area contributed by atoms with Gasteiger partial charge in [-0.1, -0.05) is 11.8 Å². The minimum Gasteiger partial charge on any atom is -0.462 e. The van der Waals surface area contributed by atoms with Crippen LogP contribution in [0.15, 0.2) is 0 Å². The summed E-state index contributed by atoms with van der Waals surface area (Å²) in [6, 6.07) is -1.18. The summed E-state index contributed by atoms with van der Waals surface area (Å²) in [5, 5.41) is 51.0. The van der Waals surface area contributed by atoms with Crippen LogP contribution in [-0.2, 0) is 38.4 Å². The lowest BCUT2D eigenvalue weighted by molar-refractivity contribution is -0.493. The average Bonchev–Trinajstić information content (AvgIpc) is 2.75. The molecule has 0 radical (unpaired) electrons. The molecule has 0 aliphatic rings. The summed E-state index contributed by atoms with van der Waals surface area (Å²) in [6.07, 6.45) is 0.143. The van der Waals surface area contributed by atoms with Crippen molar-refractivity contribution in [3.63, 3.8) is 0 Å². The molecule has 7 N–H and O–H groups in total. The third-order valence-corrected chi connectivity index (χ3v) is 4.45. The second-order valence-electron chi connectivity index (χ2n) is 6.05. The van der Waals surface area contributed by atoms with Crippen LogP contribution in [0.1, 0.15) is 25.7 Å². The van der Waals surface area contributed by atoms with Crippen LogP contribution in [0.25, 0.3) is 0 Å². The maximum atomic E-state index is 12.3. The van der Waals surface area contributed by atoms with Crippen molar-refractivity contribution in [2.75, 3.05) is 45.4 Å². The van der Waals surface area contributed by atoms with E-state index in [1.54, 1.807) is 0 Å². The first-order valence-corrected chi connectivity index (χ1v) is 10.7. The molecule has 1 amide bonds. The van der Waals surface area contributed by atoms with Crippen LogP contribution in [0.4, 0.5) is 0 Å². The van der Waals surface area contributed by atoms with Gasteiger partial charge < -0.3 is 14.8 Å². The molecule has 19 heteroatoms. The lowest BCUT2D eigenvalue weighted by Gasteiger charge is -2.17. The van der Waals surface area contributed by atoms with E-state index in [1.807, 2.05) is 0 Å². The number of hydrogen-bond acceptors (Lipinski definition) is 18. The highest BCUT2D eigenvalue weighted by Crippen LogP contribution is 2.11. The van der Waals surface area contributed by atoms with Gasteiger partial charge in [-0.3, -0.25) is 50.5 Å². The molecular formula is C15H30N4O14S. The van der Waals surface area contributed by atoms with Gasteiger partial charge in [0.2, 0.25) is 5.91 Å². The normalized spacial score (nSPS) is 12.4. The predicted octanol–water partition coefficient (Wildman–Crippen LogP) is -1.11. The molecule has 0 bridgehead atoms. The van der Waals surface area contributed by atoms with Crippen LogP contribution in [0.5, 0.6) is 0 Å². The van der Waals surface area contributed by atoms with Crippen molar-refractivity contribution in [2.24, 2.45) is 0 Å². The Morgan fingerprint density at radius 3 is 1.85 bits per heavy atom. The highest BCUT2D eigenvalue weighted by Gasteiger charge is 2.23. The smallest absolute Gasteiger partial charge is 0.329 e. The number of rotatable bonds is 21. The molecule has 1 unspecified atom stereocenters. The van der Waals surface area contributed by atoms with Crippen molar-refractivity contribution in [3.8, 4) is 0 Å². The summed E-state index contributed by atoms with van der Waals surface area (Å²) in [5.74, 6) is -1.56. The lowest BCUT2D eigenvalue weighted by Crippen LogP contribution is -2.44. The molecule has 0 aromatic carbocycles. The van der Waals surface area contributed by atoms with E-state index in [0.29, 0.717) is 0 Å². The van der Waals surface area contributed by atoms with Crippen molar-refractivity contribution < 1.29 is 69.6 Å². The summed E-state index contributed by atoms with van der Waals surface area (Å²) in [5.41, 5.74) is 0. The van der Waals surface area contributed by atoms with Crippen molar-refractivity contribution >= 4 is 28.8 Å². The fourth-order valence-electron chi connectivity index (χ4n) is 2.01. The highest BCUT2D eigenvalue weighted by molar-refractivity contribution is 8.13. The largest absolute Gasteiger partial charge is 0.462 e. The first kappa shape index (κ1) is 32.4. The number of amides is 1. The first-order valence-electron chi connectivity index (χ1n) is 9.73. The van der Waals surface area contributed by atoms with Gasteiger partial charge in [-0.2, -0.15) is 0 Å². The lowest BCUT2D eigenvalue weighted by atomic mass is 10.2. The van der Waals surface area contributed by atoms with E-state index in [0.717, 1.165) is 11.8 Å². The summed E-state index contributed by atoms with van der Waals surface area (Å²) in [7, 11) is 0. The number of carbonyl (C=O) groups excluding carboxylic acids is 3. The van der Waals surface area contributed by atoms with Crippen LogP contribution in [-0.4, -0.2) is 116 Å². The molecule has 0 aromatic rings. The molecule has 0 fully saturated rings. The third kappa shape index (κ3) is 21.0. The Morgan fingerprint density at radius 1 is 0.735 bits per heavy atom. The molecule has 0 heterocycles. The van der Waals surface area contributed by atoms with Gasteiger partial charge in [0, 0.05) is 18.6 Å². The second-order valence-corrected chi connectivity index (χ2v) is 7.13. The summed E-state index contributed by atoms with van der Waals surface area (Å²) in [4.78, 5) is 49.2. The molecule has 0 rings (SSSR count). The van der Waals surface area contributed by atoms with E-state index in [-0.39, 0.29) is 76.2 Å². The average molecular weight is 522 g/mol. The maximum Gasteiger partial charge on any atom is 0.329 e. The minimum atomic E-state index is -1.18. The zero-order chi connectivity index (χ0) is 25.8.